The minimum absolute atomic E-state index is 0.126. The molecule has 0 bridgehead atoms. The molecule has 1 aliphatic rings. The van der Waals surface area contributed by atoms with Crippen LogP contribution in [0.3, 0.4) is 0 Å². The molecule has 5 heteroatoms. The van der Waals surface area contributed by atoms with Gasteiger partial charge in [-0.25, -0.2) is 9.97 Å². The Bertz CT molecular complexity index is 338. The normalized spacial score (nSPS) is 14.3. The SMILES string of the molecule is Nc1nc(C=O)c2c(n1)COC2. The van der Waals surface area contributed by atoms with Crippen LogP contribution in [-0.2, 0) is 18.0 Å². The van der Waals surface area contributed by atoms with E-state index in [0.29, 0.717) is 25.2 Å². The van der Waals surface area contributed by atoms with Crippen molar-refractivity contribution in [2.45, 2.75) is 13.2 Å². The number of rotatable bonds is 1. The summed E-state index contributed by atoms with van der Waals surface area (Å²) in [6.45, 7) is 0.826. The third kappa shape index (κ3) is 0.947. The van der Waals surface area contributed by atoms with Gasteiger partial charge in [0.1, 0.15) is 5.69 Å². The smallest absolute Gasteiger partial charge is 0.220 e. The van der Waals surface area contributed by atoms with Gasteiger partial charge in [-0.1, -0.05) is 0 Å². The van der Waals surface area contributed by atoms with E-state index >= 15 is 0 Å². The molecular formula is C7H7N3O2. The summed E-state index contributed by atoms with van der Waals surface area (Å²) in [4.78, 5) is 18.2. The first-order chi connectivity index (χ1) is 5.81. The molecule has 0 radical (unpaired) electrons. The Labute approximate surface area is 68.6 Å². The van der Waals surface area contributed by atoms with Gasteiger partial charge in [-0.05, 0) is 0 Å². The number of carbonyl (C=O) groups is 1. The van der Waals surface area contributed by atoms with Crippen LogP contribution in [0.15, 0.2) is 0 Å². The summed E-state index contributed by atoms with van der Waals surface area (Å²) < 4.78 is 5.10. The molecule has 0 unspecified atom stereocenters. The molecule has 0 saturated heterocycles. The Morgan fingerprint density at radius 3 is 3.00 bits per heavy atom. The molecule has 0 fully saturated rings. The second-order valence-corrected chi connectivity index (χ2v) is 2.50. The van der Waals surface area contributed by atoms with Crippen molar-refractivity contribution in [1.29, 1.82) is 0 Å². The predicted octanol–water partition coefficient (Wildman–Crippen LogP) is -0.0985. The van der Waals surface area contributed by atoms with Crippen LogP contribution in [0.2, 0.25) is 0 Å². The largest absolute Gasteiger partial charge is 0.370 e. The average Bonchev–Trinajstić information content (AvgIpc) is 2.50. The minimum atomic E-state index is 0.126. The number of nitrogens with two attached hydrogens (primary N) is 1. The zero-order chi connectivity index (χ0) is 8.55. The van der Waals surface area contributed by atoms with E-state index < -0.39 is 0 Å². The lowest BCUT2D eigenvalue weighted by molar-refractivity contribution is 0.111. The van der Waals surface area contributed by atoms with Gasteiger partial charge in [0.15, 0.2) is 6.29 Å². The highest BCUT2D eigenvalue weighted by atomic mass is 16.5. The highest BCUT2D eigenvalue weighted by Crippen LogP contribution is 2.19. The van der Waals surface area contributed by atoms with E-state index in [1.165, 1.54) is 0 Å². The summed E-state index contributed by atoms with van der Waals surface area (Å²) in [5, 5.41) is 0. The number of ether oxygens (including phenoxy) is 1. The zero-order valence-electron chi connectivity index (χ0n) is 6.28. The summed E-state index contributed by atoms with van der Waals surface area (Å²) in [6, 6.07) is 0. The molecule has 0 aliphatic carbocycles. The van der Waals surface area contributed by atoms with Crippen LogP contribution in [-0.4, -0.2) is 16.3 Å². The lowest BCUT2D eigenvalue weighted by atomic mass is 10.2. The third-order valence-corrected chi connectivity index (χ3v) is 1.74. The van der Waals surface area contributed by atoms with Crippen molar-refractivity contribution in [2.24, 2.45) is 0 Å². The molecule has 5 nitrogen and oxygen atoms in total. The van der Waals surface area contributed by atoms with Gasteiger partial charge in [-0.15, -0.1) is 0 Å². The lowest BCUT2D eigenvalue weighted by Crippen LogP contribution is -2.04. The van der Waals surface area contributed by atoms with Crippen LogP contribution in [0.25, 0.3) is 0 Å². The van der Waals surface area contributed by atoms with Gasteiger partial charge in [0.05, 0.1) is 18.9 Å². The lowest BCUT2D eigenvalue weighted by Gasteiger charge is -1.99. The molecular weight excluding hydrogens is 158 g/mol. The van der Waals surface area contributed by atoms with E-state index in [0.717, 1.165) is 11.3 Å². The fourth-order valence-corrected chi connectivity index (χ4v) is 1.19. The van der Waals surface area contributed by atoms with Crippen LogP contribution in [0.5, 0.6) is 0 Å². The number of hydrogen-bond acceptors (Lipinski definition) is 5. The van der Waals surface area contributed by atoms with Gasteiger partial charge >= 0.3 is 0 Å². The Kier molecular flexibility index (Phi) is 1.51. The number of hydrogen-bond donors (Lipinski definition) is 1. The molecule has 2 N–H and O–H groups in total. The van der Waals surface area contributed by atoms with E-state index in [2.05, 4.69) is 9.97 Å². The Morgan fingerprint density at radius 2 is 2.25 bits per heavy atom. The average molecular weight is 165 g/mol. The number of anilines is 1. The summed E-state index contributed by atoms with van der Waals surface area (Å²) in [7, 11) is 0. The minimum Gasteiger partial charge on any atom is -0.370 e. The number of aldehydes is 1. The summed E-state index contributed by atoms with van der Waals surface area (Å²) >= 11 is 0. The van der Waals surface area contributed by atoms with Gasteiger partial charge in [-0.3, -0.25) is 4.79 Å². The van der Waals surface area contributed by atoms with Gasteiger partial charge in [0, 0.05) is 5.56 Å². The first-order valence-corrected chi connectivity index (χ1v) is 3.49. The highest BCUT2D eigenvalue weighted by molar-refractivity contribution is 5.75. The fourth-order valence-electron chi connectivity index (χ4n) is 1.19. The van der Waals surface area contributed by atoms with Crippen LogP contribution in [0, 0.1) is 0 Å². The maximum Gasteiger partial charge on any atom is 0.220 e. The molecule has 0 atom stereocenters. The van der Waals surface area contributed by atoms with E-state index in [-0.39, 0.29) is 5.95 Å². The summed E-state index contributed by atoms with van der Waals surface area (Å²) in [5.74, 6) is 0.126. The van der Waals surface area contributed by atoms with Crippen molar-refractivity contribution in [2.75, 3.05) is 5.73 Å². The number of fused-ring (bicyclic) bond motifs is 1. The molecule has 2 heterocycles. The third-order valence-electron chi connectivity index (χ3n) is 1.74. The van der Waals surface area contributed by atoms with E-state index in [1.54, 1.807) is 0 Å². The molecule has 62 valence electrons. The topological polar surface area (TPSA) is 78.1 Å². The molecule has 0 amide bonds. The molecule has 12 heavy (non-hydrogen) atoms. The van der Waals surface area contributed by atoms with Gasteiger partial charge in [-0.2, -0.15) is 0 Å². The second kappa shape index (κ2) is 2.53. The maximum atomic E-state index is 10.5. The summed E-state index contributed by atoms with van der Waals surface area (Å²) in [6.07, 6.45) is 0.672. The molecule has 0 aromatic carbocycles. The quantitative estimate of drug-likeness (QED) is 0.588. The monoisotopic (exact) mass is 165 g/mol. The van der Waals surface area contributed by atoms with Crippen LogP contribution in [0.1, 0.15) is 21.7 Å². The van der Waals surface area contributed by atoms with Gasteiger partial charge in [0.25, 0.3) is 0 Å². The van der Waals surface area contributed by atoms with Crippen LogP contribution >= 0.6 is 0 Å². The first-order valence-electron chi connectivity index (χ1n) is 3.49. The van der Waals surface area contributed by atoms with Gasteiger partial charge < -0.3 is 10.5 Å². The molecule has 0 spiro atoms. The summed E-state index contributed by atoms with van der Waals surface area (Å²) in [5.41, 5.74) is 7.20. The van der Waals surface area contributed by atoms with Crippen molar-refractivity contribution in [3.8, 4) is 0 Å². The number of nitrogens with zero attached hydrogens (tertiary/aromatic N) is 2. The van der Waals surface area contributed by atoms with E-state index in [1.807, 2.05) is 0 Å². The molecule has 1 aromatic rings. The molecule has 1 aliphatic heterocycles. The Balaban J connectivity index is 2.62. The van der Waals surface area contributed by atoms with Crippen molar-refractivity contribution < 1.29 is 9.53 Å². The van der Waals surface area contributed by atoms with Crippen molar-refractivity contribution in [3.05, 3.63) is 17.0 Å². The number of aromatic nitrogens is 2. The Morgan fingerprint density at radius 1 is 1.42 bits per heavy atom. The Hall–Kier alpha value is -1.49. The van der Waals surface area contributed by atoms with E-state index in [9.17, 15) is 4.79 Å². The standard InChI is InChI=1S/C7H7N3O2/c8-7-9-5(1-11)4-2-12-3-6(4)10-7/h1H,2-3H2,(H2,8,9,10). The zero-order valence-corrected chi connectivity index (χ0v) is 6.28. The highest BCUT2D eigenvalue weighted by Gasteiger charge is 2.18. The molecule has 0 saturated carbocycles. The molecule has 1 aromatic heterocycles. The first kappa shape index (κ1) is 7.17. The second-order valence-electron chi connectivity index (χ2n) is 2.50. The van der Waals surface area contributed by atoms with Crippen LogP contribution in [0.4, 0.5) is 5.95 Å². The number of carbonyl (C=O) groups excluding carboxylic acids is 1. The van der Waals surface area contributed by atoms with Crippen molar-refractivity contribution >= 4 is 12.2 Å². The predicted molar refractivity (Wildman–Crippen MR) is 40.3 cm³/mol. The fraction of sp³-hybridized carbons (Fsp3) is 0.286. The maximum absolute atomic E-state index is 10.5. The van der Waals surface area contributed by atoms with E-state index in [4.69, 9.17) is 10.5 Å². The number of nitrogen functional groups attached to an aromatic ring is 1. The van der Waals surface area contributed by atoms with Crippen molar-refractivity contribution in [3.63, 3.8) is 0 Å². The van der Waals surface area contributed by atoms with Gasteiger partial charge in [0.2, 0.25) is 5.95 Å². The van der Waals surface area contributed by atoms with Crippen molar-refractivity contribution in [1.82, 2.24) is 9.97 Å². The van der Waals surface area contributed by atoms with Crippen LogP contribution < -0.4 is 5.73 Å². The molecule has 2 rings (SSSR count).